The monoisotopic (exact) mass is 200 g/mol. The summed E-state index contributed by atoms with van der Waals surface area (Å²) >= 11 is 0. The van der Waals surface area contributed by atoms with E-state index in [4.69, 9.17) is 0 Å². The fraction of sp³-hybridized carbons (Fsp3) is 0.214. The van der Waals surface area contributed by atoms with Gasteiger partial charge in [-0.05, 0) is 25.5 Å². The van der Waals surface area contributed by atoms with Gasteiger partial charge in [0.25, 0.3) is 0 Å². The minimum absolute atomic E-state index is 0.0937. The summed E-state index contributed by atoms with van der Waals surface area (Å²) in [6.07, 6.45) is 3.36. The summed E-state index contributed by atoms with van der Waals surface area (Å²) in [6, 6.07) is 9.70. The SMILES string of the molecule is C=CC(C(=O)C=C(C)C)c1ccccc1. The highest BCUT2D eigenvalue weighted by atomic mass is 16.1. The first-order valence-corrected chi connectivity index (χ1v) is 5.01. The molecule has 1 unspecified atom stereocenters. The van der Waals surface area contributed by atoms with Gasteiger partial charge in [-0.3, -0.25) is 4.79 Å². The van der Waals surface area contributed by atoms with Gasteiger partial charge in [-0.1, -0.05) is 42.0 Å². The summed E-state index contributed by atoms with van der Waals surface area (Å²) in [6.45, 7) is 7.56. The van der Waals surface area contributed by atoms with E-state index < -0.39 is 0 Å². The maximum atomic E-state index is 11.8. The first-order valence-electron chi connectivity index (χ1n) is 5.01. The topological polar surface area (TPSA) is 17.1 Å². The summed E-state index contributed by atoms with van der Waals surface area (Å²) < 4.78 is 0. The molecular weight excluding hydrogens is 184 g/mol. The molecule has 0 bridgehead atoms. The standard InChI is InChI=1S/C14H16O/c1-4-13(14(15)10-11(2)3)12-8-6-5-7-9-12/h4-10,13H,1H2,2-3H3. The third-order valence-corrected chi connectivity index (χ3v) is 2.13. The van der Waals surface area contributed by atoms with Crippen LogP contribution in [0.1, 0.15) is 25.3 Å². The van der Waals surface area contributed by atoms with Crippen LogP contribution in [0.3, 0.4) is 0 Å². The molecule has 0 fully saturated rings. The predicted octanol–water partition coefficient (Wildman–Crippen LogP) is 3.49. The molecular formula is C14H16O. The van der Waals surface area contributed by atoms with Crippen LogP contribution < -0.4 is 0 Å². The van der Waals surface area contributed by atoms with Crippen LogP contribution in [0.15, 0.2) is 54.6 Å². The average Bonchev–Trinajstić information content (AvgIpc) is 2.19. The second-order valence-electron chi connectivity index (χ2n) is 3.75. The minimum Gasteiger partial charge on any atom is -0.294 e. The van der Waals surface area contributed by atoms with Crippen molar-refractivity contribution in [3.63, 3.8) is 0 Å². The molecule has 0 amide bonds. The van der Waals surface area contributed by atoms with Crippen LogP contribution in [0.5, 0.6) is 0 Å². The van der Waals surface area contributed by atoms with Gasteiger partial charge in [0.05, 0.1) is 5.92 Å². The zero-order chi connectivity index (χ0) is 11.3. The summed E-state index contributed by atoms with van der Waals surface area (Å²) in [5.74, 6) is -0.128. The summed E-state index contributed by atoms with van der Waals surface area (Å²) in [7, 11) is 0. The van der Waals surface area contributed by atoms with Crippen LogP contribution in [0.4, 0.5) is 0 Å². The maximum absolute atomic E-state index is 11.8. The van der Waals surface area contributed by atoms with Crippen LogP contribution >= 0.6 is 0 Å². The number of ketones is 1. The molecule has 1 atom stereocenters. The fourth-order valence-corrected chi connectivity index (χ4v) is 1.45. The van der Waals surface area contributed by atoms with Gasteiger partial charge in [0.2, 0.25) is 0 Å². The Morgan fingerprint density at radius 2 is 1.87 bits per heavy atom. The van der Waals surface area contributed by atoms with Gasteiger partial charge in [-0.2, -0.15) is 0 Å². The van der Waals surface area contributed by atoms with Crippen LogP contribution in [0.2, 0.25) is 0 Å². The Kier molecular flexibility index (Phi) is 4.04. The van der Waals surface area contributed by atoms with Crippen LogP contribution in [-0.2, 0) is 4.79 Å². The van der Waals surface area contributed by atoms with Gasteiger partial charge >= 0.3 is 0 Å². The lowest BCUT2D eigenvalue weighted by Crippen LogP contribution is -2.07. The molecule has 1 rings (SSSR count). The first kappa shape index (κ1) is 11.4. The molecule has 0 saturated carbocycles. The number of carbonyl (C=O) groups excluding carboxylic acids is 1. The van der Waals surface area contributed by atoms with Gasteiger partial charge in [-0.25, -0.2) is 0 Å². The largest absolute Gasteiger partial charge is 0.294 e. The van der Waals surface area contributed by atoms with Crippen LogP contribution in [0, 0.1) is 0 Å². The van der Waals surface area contributed by atoms with E-state index in [0.717, 1.165) is 11.1 Å². The Morgan fingerprint density at radius 1 is 1.27 bits per heavy atom. The van der Waals surface area contributed by atoms with Crippen molar-refractivity contribution in [2.45, 2.75) is 19.8 Å². The van der Waals surface area contributed by atoms with E-state index in [-0.39, 0.29) is 11.7 Å². The van der Waals surface area contributed by atoms with Crippen molar-refractivity contribution in [1.82, 2.24) is 0 Å². The molecule has 0 radical (unpaired) electrons. The molecule has 1 aromatic rings. The van der Waals surface area contributed by atoms with E-state index in [2.05, 4.69) is 6.58 Å². The van der Waals surface area contributed by atoms with Gasteiger partial charge in [-0.15, -0.1) is 6.58 Å². The quantitative estimate of drug-likeness (QED) is 0.537. The van der Waals surface area contributed by atoms with Gasteiger partial charge < -0.3 is 0 Å². The average molecular weight is 200 g/mol. The number of hydrogen-bond acceptors (Lipinski definition) is 1. The summed E-state index contributed by atoms with van der Waals surface area (Å²) in [5, 5.41) is 0. The smallest absolute Gasteiger partial charge is 0.166 e. The van der Waals surface area contributed by atoms with Gasteiger partial charge in [0.1, 0.15) is 0 Å². The fourth-order valence-electron chi connectivity index (χ4n) is 1.45. The molecule has 0 heterocycles. The predicted molar refractivity (Wildman–Crippen MR) is 63.8 cm³/mol. The number of carbonyl (C=O) groups is 1. The molecule has 0 aliphatic rings. The summed E-state index contributed by atoms with van der Waals surface area (Å²) in [4.78, 5) is 11.8. The highest BCUT2D eigenvalue weighted by Gasteiger charge is 2.13. The zero-order valence-corrected chi connectivity index (χ0v) is 9.23. The highest BCUT2D eigenvalue weighted by molar-refractivity contribution is 5.97. The highest BCUT2D eigenvalue weighted by Crippen LogP contribution is 2.18. The molecule has 0 N–H and O–H groups in total. The van der Waals surface area contributed by atoms with Gasteiger partial charge in [0, 0.05) is 0 Å². The molecule has 0 aromatic heterocycles. The summed E-state index contributed by atoms with van der Waals surface area (Å²) in [5.41, 5.74) is 2.01. The van der Waals surface area contributed by atoms with Crippen molar-refractivity contribution in [2.24, 2.45) is 0 Å². The molecule has 0 aliphatic carbocycles. The van der Waals surface area contributed by atoms with Crippen molar-refractivity contribution < 1.29 is 4.79 Å². The number of rotatable bonds is 4. The molecule has 1 aromatic carbocycles. The normalized spacial score (nSPS) is 11.6. The number of allylic oxidation sites excluding steroid dienone is 3. The van der Waals surface area contributed by atoms with E-state index in [1.54, 1.807) is 12.2 Å². The van der Waals surface area contributed by atoms with E-state index >= 15 is 0 Å². The third-order valence-electron chi connectivity index (χ3n) is 2.13. The molecule has 0 spiro atoms. The first-order chi connectivity index (χ1) is 7.15. The zero-order valence-electron chi connectivity index (χ0n) is 9.23. The number of hydrogen-bond donors (Lipinski definition) is 0. The molecule has 1 nitrogen and oxygen atoms in total. The Hall–Kier alpha value is -1.63. The van der Waals surface area contributed by atoms with Crippen molar-refractivity contribution in [2.75, 3.05) is 0 Å². The molecule has 78 valence electrons. The maximum Gasteiger partial charge on any atom is 0.166 e. The van der Waals surface area contributed by atoms with Gasteiger partial charge in [0.15, 0.2) is 5.78 Å². The van der Waals surface area contributed by atoms with Crippen molar-refractivity contribution in [1.29, 1.82) is 0 Å². The Labute approximate surface area is 91.1 Å². The van der Waals surface area contributed by atoms with Crippen LogP contribution in [-0.4, -0.2) is 5.78 Å². The molecule has 0 aliphatic heterocycles. The lowest BCUT2D eigenvalue weighted by atomic mass is 9.94. The third kappa shape index (κ3) is 3.21. The van der Waals surface area contributed by atoms with Crippen molar-refractivity contribution in [3.05, 3.63) is 60.2 Å². The lowest BCUT2D eigenvalue weighted by Gasteiger charge is -2.09. The Bertz CT molecular complexity index is 370. The van der Waals surface area contributed by atoms with E-state index in [1.165, 1.54) is 0 Å². The van der Waals surface area contributed by atoms with Crippen molar-refractivity contribution >= 4 is 5.78 Å². The van der Waals surface area contributed by atoms with Crippen LogP contribution in [0.25, 0.3) is 0 Å². The van der Waals surface area contributed by atoms with E-state index in [9.17, 15) is 4.79 Å². The molecule has 15 heavy (non-hydrogen) atoms. The molecule has 0 saturated heterocycles. The van der Waals surface area contributed by atoms with Crippen molar-refractivity contribution in [3.8, 4) is 0 Å². The van der Waals surface area contributed by atoms with E-state index in [1.807, 2.05) is 44.2 Å². The Balaban J connectivity index is 2.95. The lowest BCUT2D eigenvalue weighted by molar-refractivity contribution is -0.115. The Morgan fingerprint density at radius 3 is 2.33 bits per heavy atom. The number of benzene rings is 1. The molecule has 1 heteroatoms. The second kappa shape index (κ2) is 5.30. The van der Waals surface area contributed by atoms with E-state index in [0.29, 0.717) is 0 Å². The minimum atomic E-state index is -0.221. The second-order valence-corrected chi connectivity index (χ2v) is 3.75.